The van der Waals surface area contributed by atoms with Crippen molar-refractivity contribution in [3.05, 3.63) is 71.3 Å². The molecule has 0 radical (unpaired) electrons. The summed E-state index contributed by atoms with van der Waals surface area (Å²) in [7, 11) is 0. The molecule has 2 atom stereocenters. The Morgan fingerprint density at radius 2 is 1.76 bits per heavy atom. The number of nitrogens with zero attached hydrogens (tertiary/aromatic N) is 2. The van der Waals surface area contributed by atoms with E-state index in [0.29, 0.717) is 18.0 Å². The third-order valence-corrected chi connectivity index (χ3v) is 7.56. The van der Waals surface area contributed by atoms with Gasteiger partial charge in [-0.05, 0) is 81.2 Å². The van der Waals surface area contributed by atoms with E-state index >= 15 is 0 Å². The zero-order valence-electron chi connectivity index (χ0n) is 20.2. The van der Waals surface area contributed by atoms with Crippen molar-refractivity contribution in [2.75, 3.05) is 13.1 Å². The fraction of sp³-hybridized carbons (Fsp3) is 0.552. The van der Waals surface area contributed by atoms with Gasteiger partial charge in [0.05, 0.1) is 11.5 Å². The van der Waals surface area contributed by atoms with E-state index in [0.717, 1.165) is 58.0 Å². The molecule has 0 N–H and O–H groups in total. The second-order valence-electron chi connectivity index (χ2n) is 9.71. The first kappa shape index (κ1) is 25.4. The Bertz CT molecular complexity index is 902. The summed E-state index contributed by atoms with van der Waals surface area (Å²) < 4.78 is 27.9. The maximum absolute atomic E-state index is 14.2. The first-order valence-corrected chi connectivity index (χ1v) is 12.6. The highest BCUT2D eigenvalue weighted by Crippen LogP contribution is 2.44. The van der Waals surface area contributed by atoms with E-state index in [1.165, 1.54) is 24.1 Å². The molecule has 178 valence electrons. The van der Waals surface area contributed by atoms with E-state index in [9.17, 15) is 14.0 Å². The standard InChI is InChI=1S/C29H38F2N2/c1-3-19-33(20-17-24-10-6-4-7-11-24)23(2)16-18-29(22-32,25-12-8-5-9-13-25)26-14-15-27(30)28(31)21-26/h4,6-7,10-11,14-15,21,23,25H,3,5,8-9,12-13,16-20H2,1-2H3. The van der Waals surface area contributed by atoms with Crippen molar-refractivity contribution < 1.29 is 8.78 Å². The number of halogens is 2. The lowest BCUT2D eigenvalue weighted by molar-refractivity contribution is 0.173. The Labute approximate surface area is 198 Å². The summed E-state index contributed by atoms with van der Waals surface area (Å²) >= 11 is 0. The number of rotatable bonds is 11. The van der Waals surface area contributed by atoms with Crippen molar-refractivity contribution in [1.82, 2.24) is 4.90 Å². The predicted molar refractivity (Wildman–Crippen MR) is 131 cm³/mol. The Morgan fingerprint density at radius 3 is 2.39 bits per heavy atom. The molecule has 2 aromatic carbocycles. The van der Waals surface area contributed by atoms with Gasteiger partial charge in [0, 0.05) is 12.6 Å². The first-order valence-electron chi connectivity index (χ1n) is 12.6. The summed E-state index contributed by atoms with van der Waals surface area (Å²) in [6.07, 6.45) is 8.97. The van der Waals surface area contributed by atoms with Gasteiger partial charge in [0.15, 0.2) is 11.6 Å². The van der Waals surface area contributed by atoms with E-state index in [4.69, 9.17) is 0 Å². The molecule has 0 aromatic heterocycles. The summed E-state index contributed by atoms with van der Waals surface area (Å²) in [5.74, 6) is -1.51. The molecule has 0 bridgehead atoms. The van der Waals surface area contributed by atoms with Gasteiger partial charge in [-0.2, -0.15) is 5.26 Å². The molecule has 33 heavy (non-hydrogen) atoms. The van der Waals surface area contributed by atoms with Crippen molar-refractivity contribution in [1.29, 1.82) is 5.26 Å². The van der Waals surface area contributed by atoms with Crippen LogP contribution in [0.2, 0.25) is 0 Å². The molecule has 1 saturated carbocycles. The molecular weight excluding hydrogens is 414 g/mol. The summed E-state index contributed by atoms with van der Waals surface area (Å²) in [4.78, 5) is 2.52. The van der Waals surface area contributed by atoms with Crippen LogP contribution in [-0.2, 0) is 11.8 Å². The summed E-state index contributed by atoms with van der Waals surface area (Å²) in [6.45, 7) is 6.44. The van der Waals surface area contributed by atoms with E-state index in [2.05, 4.69) is 49.1 Å². The Kier molecular flexibility index (Phi) is 9.44. The smallest absolute Gasteiger partial charge is 0.159 e. The molecule has 3 rings (SSSR count). The molecule has 0 amide bonds. The third-order valence-electron chi connectivity index (χ3n) is 7.56. The average Bonchev–Trinajstić information content (AvgIpc) is 2.85. The Morgan fingerprint density at radius 1 is 1.03 bits per heavy atom. The summed E-state index contributed by atoms with van der Waals surface area (Å²) in [6, 6.07) is 17.6. The highest BCUT2D eigenvalue weighted by molar-refractivity contribution is 5.35. The van der Waals surface area contributed by atoms with E-state index in [1.54, 1.807) is 6.07 Å². The highest BCUT2D eigenvalue weighted by Gasteiger charge is 2.41. The minimum Gasteiger partial charge on any atom is -0.300 e. The number of hydrogen-bond acceptors (Lipinski definition) is 2. The van der Waals surface area contributed by atoms with Gasteiger partial charge < -0.3 is 4.90 Å². The molecular formula is C29H38F2N2. The SMILES string of the molecule is CCCN(CCc1ccccc1)C(C)CCC(C#N)(c1ccc(F)c(F)c1)C1CCCCC1. The summed E-state index contributed by atoms with van der Waals surface area (Å²) in [5.41, 5.74) is 1.22. The topological polar surface area (TPSA) is 27.0 Å². The lowest BCUT2D eigenvalue weighted by Gasteiger charge is -2.40. The second-order valence-corrected chi connectivity index (χ2v) is 9.71. The molecule has 1 aliphatic rings. The molecule has 1 fully saturated rings. The molecule has 2 aromatic rings. The lowest BCUT2D eigenvalue weighted by atomic mass is 9.63. The van der Waals surface area contributed by atoms with Crippen molar-refractivity contribution in [2.24, 2.45) is 5.92 Å². The fourth-order valence-corrected chi connectivity index (χ4v) is 5.54. The van der Waals surface area contributed by atoms with Gasteiger partial charge in [0.2, 0.25) is 0 Å². The van der Waals surface area contributed by atoms with Crippen LogP contribution in [0, 0.1) is 28.9 Å². The average molecular weight is 453 g/mol. The predicted octanol–water partition coefficient (Wildman–Crippen LogP) is 7.43. The van der Waals surface area contributed by atoms with Crippen molar-refractivity contribution >= 4 is 0 Å². The normalized spacial score (nSPS) is 17.5. The van der Waals surface area contributed by atoms with Gasteiger partial charge in [-0.1, -0.05) is 62.6 Å². The maximum atomic E-state index is 14.2. The van der Waals surface area contributed by atoms with Crippen LogP contribution in [0.4, 0.5) is 8.78 Å². The Hall–Kier alpha value is -2.25. The van der Waals surface area contributed by atoms with Crippen molar-refractivity contribution in [3.8, 4) is 6.07 Å². The molecule has 0 saturated heterocycles. The van der Waals surface area contributed by atoms with E-state index in [-0.39, 0.29) is 5.92 Å². The zero-order chi connectivity index (χ0) is 23.7. The van der Waals surface area contributed by atoms with E-state index in [1.807, 2.05) is 6.07 Å². The van der Waals surface area contributed by atoms with Gasteiger partial charge in [0.25, 0.3) is 0 Å². The van der Waals surface area contributed by atoms with Crippen LogP contribution in [-0.4, -0.2) is 24.0 Å². The first-order chi connectivity index (χ1) is 16.0. The Balaban J connectivity index is 1.77. The monoisotopic (exact) mass is 452 g/mol. The lowest BCUT2D eigenvalue weighted by Crippen LogP contribution is -2.40. The number of hydrogen-bond donors (Lipinski definition) is 0. The van der Waals surface area contributed by atoms with E-state index < -0.39 is 17.0 Å². The fourth-order valence-electron chi connectivity index (χ4n) is 5.54. The maximum Gasteiger partial charge on any atom is 0.159 e. The molecule has 1 aliphatic carbocycles. The molecule has 0 spiro atoms. The van der Waals surface area contributed by atoms with Crippen LogP contribution in [0.3, 0.4) is 0 Å². The van der Waals surface area contributed by atoms with Gasteiger partial charge in [-0.25, -0.2) is 8.78 Å². The van der Waals surface area contributed by atoms with Crippen LogP contribution in [0.1, 0.15) is 76.3 Å². The van der Waals surface area contributed by atoms with Crippen LogP contribution < -0.4 is 0 Å². The minimum atomic E-state index is -0.855. The molecule has 0 heterocycles. The zero-order valence-corrected chi connectivity index (χ0v) is 20.2. The van der Waals surface area contributed by atoms with Crippen LogP contribution >= 0.6 is 0 Å². The largest absolute Gasteiger partial charge is 0.300 e. The van der Waals surface area contributed by atoms with Gasteiger partial charge >= 0.3 is 0 Å². The van der Waals surface area contributed by atoms with Gasteiger partial charge in [-0.3, -0.25) is 0 Å². The highest BCUT2D eigenvalue weighted by atomic mass is 19.2. The van der Waals surface area contributed by atoms with Crippen molar-refractivity contribution in [2.45, 2.75) is 83.1 Å². The molecule has 4 heteroatoms. The molecule has 2 unspecified atom stereocenters. The quantitative estimate of drug-likeness (QED) is 0.354. The van der Waals surface area contributed by atoms with Crippen LogP contribution in [0.5, 0.6) is 0 Å². The van der Waals surface area contributed by atoms with Crippen LogP contribution in [0.25, 0.3) is 0 Å². The number of nitriles is 1. The van der Waals surface area contributed by atoms with Gasteiger partial charge in [0.1, 0.15) is 0 Å². The second kappa shape index (κ2) is 12.3. The van der Waals surface area contributed by atoms with Crippen LogP contribution in [0.15, 0.2) is 48.5 Å². The molecule has 0 aliphatic heterocycles. The third kappa shape index (κ3) is 6.42. The summed E-state index contributed by atoms with van der Waals surface area (Å²) in [5, 5.41) is 10.5. The van der Waals surface area contributed by atoms with Gasteiger partial charge in [-0.15, -0.1) is 0 Å². The van der Waals surface area contributed by atoms with Crippen molar-refractivity contribution in [3.63, 3.8) is 0 Å². The minimum absolute atomic E-state index is 0.192. The molecule has 2 nitrogen and oxygen atoms in total. The number of benzene rings is 2.